The van der Waals surface area contributed by atoms with Gasteiger partial charge in [-0.1, -0.05) is 45.0 Å². The van der Waals surface area contributed by atoms with Gasteiger partial charge in [-0.15, -0.1) is 12.4 Å². The lowest BCUT2D eigenvalue weighted by Crippen LogP contribution is -2.29. The van der Waals surface area contributed by atoms with E-state index in [1.807, 2.05) is 24.3 Å². The maximum absolute atomic E-state index is 11.3. The van der Waals surface area contributed by atoms with Gasteiger partial charge in [0.2, 0.25) is 5.91 Å². The van der Waals surface area contributed by atoms with Crippen LogP contribution in [0.5, 0.6) is 0 Å². The van der Waals surface area contributed by atoms with Crippen molar-refractivity contribution in [1.82, 2.24) is 5.32 Å². The van der Waals surface area contributed by atoms with Gasteiger partial charge in [0.15, 0.2) is 0 Å². The van der Waals surface area contributed by atoms with Crippen molar-refractivity contribution in [2.75, 3.05) is 13.1 Å². The average molecular weight is 301 g/mol. The van der Waals surface area contributed by atoms with Gasteiger partial charge in [0.25, 0.3) is 0 Å². The Bertz CT molecular complexity index is 413. The second kappa shape index (κ2) is 8.25. The maximum Gasteiger partial charge on any atom is 0.221 e. The number of carbonyl (C=O) groups is 1. The van der Waals surface area contributed by atoms with Gasteiger partial charge in [0.1, 0.15) is 0 Å². The summed E-state index contributed by atoms with van der Waals surface area (Å²) in [7, 11) is 0. The quantitative estimate of drug-likeness (QED) is 0.777. The van der Waals surface area contributed by atoms with Gasteiger partial charge in [-0.05, 0) is 16.5 Å². The normalized spacial score (nSPS) is 12.4. The smallest absolute Gasteiger partial charge is 0.221 e. The monoisotopic (exact) mass is 300 g/mol. The molecule has 0 heterocycles. The van der Waals surface area contributed by atoms with Crippen LogP contribution in [-0.2, 0) is 10.2 Å². The molecule has 5 heteroatoms. The number of carbonyl (C=O) groups excluding carboxylic acids is 1. The van der Waals surface area contributed by atoms with E-state index in [9.17, 15) is 9.90 Å². The number of hydrogen-bond acceptors (Lipinski definition) is 3. The van der Waals surface area contributed by atoms with Crippen LogP contribution in [0.25, 0.3) is 0 Å². The van der Waals surface area contributed by atoms with Crippen molar-refractivity contribution in [2.24, 2.45) is 5.73 Å². The molecule has 114 valence electrons. The number of nitrogens with two attached hydrogens (primary N) is 1. The lowest BCUT2D eigenvalue weighted by atomic mass is 9.86. The van der Waals surface area contributed by atoms with Gasteiger partial charge in [0.05, 0.1) is 6.10 Å². The van der Waals surface area contributed by atoms with Gasteiger partial charge >= 0.3 is 0 Å². The fourth-order valence-corrected chi connectivity index (χ4v) is 1.75. The SMILES string of the molecule is CC(C)(C)c1ccc(C(O)CNC(=O)CCN)cc1.Cl. The van der Waals surface area contributed by atoms with Crippen LogP contribution in [0.15, 0.2) is 24.3 Å². The third-order valence-corrected chi connectivity index (χ3v) is 3.03. The Kier molecular flexibility index (Phi) is 7.79. The lowest BCUT2D eigenvalue weighted by molar-refractivity contribution is -0.121. The Hall–Kier alpha value is -1.10. The molecule has 0 aromatic heterocycles. The van der Waals surface area contributed by atoms with Crippen molar-refractivity contribution >= 4 is 18.3 Å². The molecule has 4 nitrogen and oxygen atoms in total. The van der Waals surface area contributed by atoms with Crippen LogP contribution in [0.1, 0.15) is 44.4 Å². The highest BCUT2D eigenvalue weighted by molar-refractivity contribution is 5.85. The Balaban J connectivity index is 0.00000361. The van der Waals surface area contributed by atoms with Gasteiger partial charge in [-0.3, -0.25) is 4.79 Å². The number of amides is 1. The number of halogens is 1. The molecule has 1 atom stereocenters. The molecule has 0 saturated heterocycles. The van der Waals surface area contributed by atoms with E-state index in [4.69, 9.17) is 5.73 Å². The van der Waals surface area contributed by atoms with Crippen molar-refractivity contribution in [3.8, 4) is 0 Å². The summed E-state index contributed by atoms with van der Waals surface area (Å²) < 4.78 is 0. The first-order valence-corrected chi connectivity index (χ1v) is 6.60. The summed E-state index contributed by atoms with van der Waals surface area (Å²) in [6, 6.07) is 7.83. The number of benzene rings is 1. The van der Waals surface area contributed by atoms with E-state index in [0.717, 1.165) is 5.56 Å². The Morgan fingerprint density at radius 2 is 1.85 bits per heavy atom. The van der Waals surface area contributed by atoms with Crippen molar-refractivity contribution in [3.63, 3.8) is 0 Å². The zero-order chi connectivity index (χ0) is 14.5. The number of aliphatic hydroxyl groups excluding tert-OH is 1. The van der Waals surface area contributed by atoms with E-state index >= 15 is 0 Å². The minimum Gasteiger partial charge on any atom is -0.387 e. The fraction of sp³-hybridized carbons (Fsp3) is 0.533. The molecule has 0 saturated carbocycles. The van der Waals surface area contributed by atoms with E-state index in [2.05, 4.69) is 26.1 Å². The zero-order valence-electron chi connectivity index (χ0n) is 12.3. The number of rotatable bonds is 5. The molecule has 0 aliphatic carbocycles. The van der Waals surface area contributed by atoms with Crippen LogP contribution in [0.3, 0.4) is 0 Å². The molecule has 0 radical (unpaired) electrons. The molecule has 1 unspecified atom stereocenters. The summed E-state index contributed by atoms with van der Waals surface area (Å²) in [5.74, 6) is -0.132. The van der Waals surface area contributed by atoms with E-state index in [1.54, 1.807) is 0 Å². The first kappa shape index (κ1) is 18.9. The number of hydrogen-bond donors (Lipinski definition) is 3. The summed E-state index contributed by atoms with van der Waals surface area (Å²) in [6.07, 6.45) is -0.397. The molecule has 0 fully saturated rings. The molecule has 1 aromatic carbocycles. The third kappa shape index (κ3) is 5.90. The molecule has 1 aromatic rings. The van der Waals surface area contributed by atoms with Gasteiger partial charge in [-0.2, -0.15) is 0 Å². The summed E-state index contributed by atoms with van der Waals surface area (Å²) in [6.45, 7) is 6.97. The summed E-state index contributed by atoms with van der Waals surface area (Å²) >= 11 is 0. The predicted octanol–water partition coefficient (Wildman–Crippen LogP) is 1.90. The fourth-order valence-electron chi connectivity index (χ4n) is 1.75. The number of aliphatic hydroxyl groups is 1. The molecule has 1 amide bonds. The third-order valence-electron chi connectivity index (χ3n) is 3.03. The van der Waals surface area contributed by atoms with Crippen LogP contribution in [-0.4, -0.2) is 24.1 Å². The Labute approximate surface area is 127 Å². The summed E-state index contributed by atoms with van der Waals surface area (Å²) in [4.78, 5) is 11.3. The van der Waals surface area contributed by atoms with E-state index < -0.39 is 6.10 Å². The second-order valence-electron chi connectivity index (χ2n) is 5.73. The van der Waals surface area contributed by atoms with E-state index in [-0.39, 0.29) is 36.7 Å². The molecule has 20 heavy (non-hydrogen) atoms. The molecular formula is C15H25ClN2O2. The molecule has 1 rings (SSSR count). The molecule has 0 spiro atoms. The van der Waals surface area contributed by atoms with Crippen LogP contribution < -0.4 is 11.1 Å². The summed E-state index contributed by atoms with van der Waals surface area (Å²) in [5, 5.41) is 12.6. The first-order chi connectivity index (χ1) is 8.84. The minimum atomic E-state index is -0.684. The highest BCUT2D eigenvalue weighted by atomic mass is 35.5. The van der Waals surface area contributed by atoms with Crippen LogP contribution in [0.4, 0.5) is 0 Å². The van der Waals surface area contributed by atoms with Crippen molar-refractivity contribution in [3.05, 3.63) is 35.4 Å². The molecule has 0 bridgehead atoms. The minimum absolute atomic E-state index is 0. The van der Waals surface area contributed by atoms with Crippen molar-refractivity contribution in [2.45, 2.75) is 38.7 Å². The standard InChI is InChI=1S/C15H24N2O2.ClH/c1-15(2,3)12-6-4-11(5-7-12)13(18)10-17-14(19)8-9-16;/h4-7,13,18H,8-10,16H2,1-3H3,(H,17,19);1H. The number of nitrogens with one attached hydrogen (secondary N) is 1. The van der Waals surface area contributed by atoms with Crippen LogP contribution in [0.2, 0.25) is 0 Å². The van der Waals surface area contributed by atoms with Crippen molar-refractivity contribution < 1.29 is 9.90 Å². The highest BCUT2D eigenvalue weighted by Crippen LogP contribution is 2.23. The average Bonchev–Trinajstić information content (AvgIpc) is 2.35. The molecular weight excluding hydrogens is 276 g/mol. The van der Waals surface area contributed by atoms with Crippen LogP contribution in [0, 0.1) is 0 Å². The van der Waals surface area contributed by atoms with Gasteiger partial charge in [0, 0.05) is 19.5 Å². The maximum atomic E-state index is 11.3. The highest BCUT2D eigenvalue weighted by Gasteiger charge is 2.14. The molecule has 0 aliphatic rings. The van der Waals surface area contributed by atoms with E-state index in [1.165, 1.54) is 5.56 Å². The van der Waals surface area contributed by atoms with Crippen LogP contribution >= 0.6 is 12.4 Å². The predicted molar refractivity (Wildman–Crippen MR) is 84.0 cm³/mol. The molecule has 0 aliphatic heterocycles. The van der Waals surface area contributed by atoms with Gasteiger partial charge < -0.3 is 16.2 Å². The lowest BCUT2D eigenvalue weighted by Gasteiger charge is -2.20. The Morgan fingerprint density at radius 1 is 1.30 bits per heavy atom. The van der Waals surface area contributed by atoms with Gasteiger partial charge in [-0.25, -0.2) is 0 Å². The summed E-state index contributed by atoms with van der Waals surface area (Å²) in [5.41, 5.74) is 7.40. The largest absolute Gasteiger partial charge is 0.387 e. The second-order valence-corrected chi connectivity index (χ2v) is 5.73. The van der Waals surface area contributed by atoms with E-state index in [0.29, 0.717) is 6.54 Å². The first-order valence-electron chi connectivity index (χ1n) is 6.60. The van der Waals surface area contributed by atoms with Crippen molar-refractivity contribution in [1.29, 1.82) is 0 Å². The molecule has 4 N–H and O–H groups in total. The zero-order valence-corrected chi connectivity index (χ0v) is 13.2. The topological polar surface area (TPSA) is 75.3 Å². The Morgan fingerprint density at radius 3 is 2.30 bits per heavy atom.